The lowest BCUT2D eigenvalue weighted by Gasteiger charge is -2.23. The molecule has 0 amide bonds. The predicted molar refractivity (Wildman–Crippen MR) is 517 cm³/mol. The van der Waals surface area contributed by atoms with Crippen molar-refractivity contribution in [2.45, 2.75) is 172 Å². The van der Waals surface area contributed by atoms with Crippen LogP contribution in [0.1, 0.15) is 230 Å². The van der Waals surface area contributed by atoms with Crippen molar-refractivity contribution in [1.82, 2.24) is 19.9 Å². The molecule has 0 spiro atoms. The maximum absolute atomic E-state index is 7.28. The largest absolute Gasteiger partial charge is 0.493 e. The Morgan fingerprint density at radius 3 is 0.579 bits per heavy atom. The molecule has 0 saturated carbocycles. The number of nitrogens with zero attached hydrogens (tertiary/aromatic N) is 2. The average molecular weight is 1670 g/mol. The van der Waals surface area contributed by atoms with E-state index >= 15 is 0 Å². The Balaban J connectivity index is 0.941. The second kappa shape index (κ2) is 39.6. The maximum Gasteiger partial charge on any atom is 0.126 e. The van der Waals surface area contributed by atoms with Crippen LogP contribution in [0.4, 0.5) is 0 Å². The molecule has 642 valence electrons. The highest BCUT2D eigenvalue weighted by molar-refractivity contribution is 6.00. The van der Waals surface area contributed by atoms with E-state index in [0.29, 0.717) is 104 Å². The minimum Gasteiger partial charge on any atom is -0.493 e. The summed E-state index contributed by atoms with van der Waals surface area (Å²) in [7, 11) is 0. The van der Waals surface area contributed by atoms with Gasteiger partial charge >= 0.3 is 0 Å². The zero-order valence-electron chi connectivity index (χ0n) is 75.1. The van der Waals surface area contributed by atoms with Crippen LogP contribution in [0, 0.1) is 13.8 Å². The highest BCUT2D eigenvalue weighted by Crippen LogP contribution is 2.48. The molecule has 2 aliphatic heterocycles. The van der Waals surface area contributed by atoms with Gasteiger partial charge in [-0.3, -0.25) is 0 Å². The lowest BCUT2D eigenvalue weighted by Crippen LogP contribution is -2.10. The van der Waals surface area contributed by atoms with Gasteiger partial charge in [0.05, 0.1) is 75.6 Å². The maximum atomic E-state index is 7.28. The van der Waals surface area contributed by atoms with Crippen molar-refractivity contribution in [3.05, 3.63) is 329 Å². The number of aromatic nitrogens is 4. The number of fused-ring (bicyclic) bond motifs is 24. The third-order valence-electron chi connectivity index (χ3n) is 24.2. The first-order valence-corrected chi connectivity index (χ1v) is 46.2. The number of nitrogens with one attached hydrogen (secondary N) is 2. The van der Waals surface area contributed by atoms with Crippen LogP contribution in [-0.2, 0) is 51.4 Å². The summed E-state index contributed by atoms with van der Waals surface area (Å²) < 4.78 is 56.5. The molecule has 0 radical (unpaired) electrons. The first-order chi connectivity index (χ1) is 61.9. The molecule has 4 aliphatic rings. The van der Waals surface area contributed by atoms with Gasteiger partial charge in [0.1, 0.15) is 46.0 Å². The number of aromatic amines is 2. The Labute approximate surface area is 744 Å². The molecular weight excluding hydrogens is 1550 g/mol. The van der Waals surface area contributed by atoms with E-state index in [1.165, 1.54) is 0 Å². The minimum atomic E-state index is 0.515. The van der Waals surface area contributed by atoms with E-state index in [1.807, 2.05) is 0 Å². The van der Waals surface area contributed by atoms with Gasteiger partial charge in [0.2, 0.25) is 0 Å². The fourth-order valence-electron chi connectivity index (χ4n) is 18.4. The highest BCUT2D eigenvalue weighted by atomic mass is 16.5. The summed E-state index contributed by atoms with van der Waals surface area (Å²) in [5.74, 6) is 7.17. The van der Waals surface area contributed by atoms with Crippen molar-refractivity contribution in [3.63, 3.8) is 0 Å². The molecule has 126 heavy (non-hydrogen) atoms. The molecule has 17 rings (SSSR count). The summed E-state index contributed by atoms with van der Waals surface area (Å²) in [5.41, 5.74) is 34.3. The zero-order valence-corrected chi connectivity index (χ0v) is 75.1. The van der Waals surface area contributed by atoms with Gasteiger partial charge in [-0.15, -0.1) is 0 Å². The Kier molecular flexibility index (Phi) is 26.8. The smallest absolute Gasteiger partial charge is 0.126 e. The van der Waals surface area contributed by atoms with Crippen LogP contribution in [-0.4, -0.2) is 72.8 Å². The molecule has 3 aromatic heterocycles. The molecule has 0 atom stereocenters. The van der Waals surface area contributed by atoms with E-state index in [-0.39, 0.29) is 0 Å². The van der Waals surface area contributed by atoms with Crippen molar-refractivity contribution < 1.29 is 37.9 Å². The van der Waals surface area contributed by atoms with Crippen molar-refractivity contribution in [2.24, 2.45) is 0 Å². The third kappa shape index (κ3) is 18.4. The van der Waals surface area contributed by atoms with Crippen molar-refractivity contribution in [1.29, 1.82) is 0 Å². The molecule has 13 aromatic rings. The lowest BCUT2D eigenvalue weighted by molar-refractivity contribution is 0.304. The topological polar surface area (TPSA) is 131 Å². The fourth-order valence-corrected chi connectivity index (χ4v) is 18.4. The average Bonchev–Trinajstić information content (AvgIpc) is 1.42. The number of aryl methyl sites for hydroxylation is 2. The second-order valence-corrected chi connectivity index (χ2v) is 34.1. The predicted octanol–water partition coefficient (Wildman–Crippen LogP) is 27.6. The molecule has 10 aromatic carbocycles. The first-order valence-electron chi connectivity index (χ1n) is 46.2. The number of H-pyrrole nitrogens is 2. The molecule has 0 unspecified atom stereocenters. The molecule has 12 heteroatoms. The highest BCUT2D eigenvalue weighted by Gasteiger charge is 2.30. The van der Waals surface area contributed by atoms with E-state index in [4.69, 9.17) is 47.9 Å². The fraction of sp³-hybridized carbons (Fsp3) is 0.298. The molecule has 0 saturated heterocycles. The van der Waals surface area contributed by atoms with Crippen molar-refractivity contribution in [3.8, 4) is 90.5 Å². The number of hydrogen-bond donors (Lipinski definition) is 2. The Morgan fingerprint density at radius 2 is 0.389 bits per heavy atom. The van der Waals surface area contributed by atoms with Gasteiger partial charge in [0.25, 0.3) is 0 Å². The summed E-state index contributed by atoms with van der Waals surface area (Å²) in [5, 5.41) is 0. The normalized spacial score (nSPS) is 12.7. The van der Waals surface area contributed by atoms with Gasteiger partial charge < -0.3 is 47.9 Å². The number of ether oxygens (including phenoxy) is 8. The van der Waals surface area contributed by atoms with Crippen LogP contribution in [0.15, 0.2) is 206 Å². The molecule has 5 heterocycles. The monoisotopic (exact) mass is 1670 g/mol. The van der Waals surface area contributed by atoms with Gasteiger partial charge in [0, 0.05) is 95.7 Å². The number of para-hydroxylation sites is 6. The van der Waals surface area contributed by atoms with Gasteiger partial charge in [0.15, 0.2) is 0 Å². The molecule has 24 bridgehead atoms. The quantitative estimate of drug-likeness (QED) is 0.0489. The van der Waals surface area contributed by atoms with Gasteiger partial charge in [-0.1, -0.05) is 224 Å². The lowest BCUT2D eigenvalue weighted by atomic mass is 9.89. The molecule has 12 nitrogen and oxygen atoms in total. The van der Waals surface area contributed by atoms with Crippen LogP contribution in [0.25, 0.3) is 90.9 Å². The van der Waals surface area contributed by atoms with E-state index in [2.05, 4.69) is 310 Å². The zero-order chi connectivity index (χ0) is 86.6. The van der Waals surface area contributed by atoms with E-state index < -0.39 is 0 Å². The number of benzene rings is 10. The van der Waals surface area contributed by atoms with E-state index in [1.54, 1.807) is 0 Å². The van der Waals surface area contributed by atoms with Crippen molar-refractivity contribution in [2.75, 3.05) is 52.9 Å². The second-order valence-electron chi connectivity index (χ2n) is 34.1. The standard InChI is InChI=1S/C114H118N4O8/c1-11-53-119-107-77-25-19-26-78(107)62-82-30-22-34-86(110(82)122-56-14-4)66-92-70-89(69-91(113(92)125-59-17-7)65-85-33-21-29-81(61-77)109(85)121-55-13-3)105-99-49-45-95(115-99)103(75-41-37-73(9)38-42-75)97-47-51-101(117-97)106(102-52-48-98(118-102)104(96-46-50-100(105)116-96)76-43-39-74(10)40-44-76)90-71-93-67-87-35-23-31-83(111(87)123-57-15-5)63-79-27-20-28-80(108(79)120-54-12-2)64-84-32-24-36-88(112(84)124-58-16-6)68-94(72-90)114(93)126-60-18-8/h19-52,69-72,115,118H,11-18,53-68H2,1-10H3. The molecule has 2 N–H and O–H groups in total. The molecule has 2 aliphatic carbocycles. The van der Waals surface area contributed by atoms with Crippen LogP contribution < -0.4 is 37.9 Å². The minimum absolute atomic E-state index is 0.515. The third-order valence-corrected chi connectivity index (χ3v) is 24.2. The summed E-state index contributed by atoms with van der Waals surface area (Å²) in [6, 6.07) is 76.2. The number of hydrogen-bond acceptors (Lipinski definition) is 10. The van der Waals surface area contributed by atoms with E-state index in [9.17, 15) is 0 Å². The van der Waals surface area contributed by atoms with Crippen molar-refractivity contribution >= 4 is 46.4 Å². The Morgan fingerprint density at radius 1 is 0.214 bits per heavy atom. The Hall–Kier alpha value is -12.8. The van der Waals surface area contributed by atoms with Crippen LogP contribution in [0.3, 0.4) is 0 Å². The first kappa shape index (κ1) is 85.4. The molecule has 0 fully saturated rings. The van der Waals surface area contributed by atoms with E-state index in [0.717, 1.165) is 287 Å². The summed E-state index contributed by atoms with van der Waals surface area (Å²) in [6.45, 7) is 26.2. The van der Waals surface area contributed by atoms with Crippen LogP contribution in [0.2, 0.25) is 0 Å². The SMILES string of the molecule is CCCOc1c2cccc1Cc1cccc(c1OCCC)Cc1cc(-c3c4nc(c(-c5ccc(C)cc5)c5ccc([nH]5)c(-c5cc6c(OCCC)c(c5)Cc5cccc(c5OCCC)Cc5cccc(c5OCCC)Cc5cccc(c5OCCC)C6)c5nc(c(-c6ccc(C)cc6)c6ccc3[nH]6)C=C5)C=C4)cc(c1OCCC)Cc1cccc(c1OCCC)C2. The molecular formula is C114H118N4O8. The number of rotatable bonds is 28. The van der Waals surface area contributed by atoms with Gasteiger partial charge in [-0.05, 0) is 249 Å². The van der Waals surface area contributed by atoms with Gasteiger partial charge in [-0.25, -0.2) is 9.97 Å². The summed E-state index contributed by atoms with van der Waals surface area (Å²) >= 11 is 0. The van der Waals surface area contributed by atoms with Crippen LogP contribution >= 0.6 is 0 Å². The van der Waals surface area contributed by atoms with Crippen LogP contribution in [0.5, 0.6) is 46.0 Å². The Bertz CT molecular complexity index is 5790. The summed E-state index contributed by atoms with van der Waals surface area (Å²) in [6.07, 6.45) is 20.2. The van der Waals surface area contributed by atoms with Gasteiger partial charge in [-0.2, -0.15) is 0 Å². The summed E-state index contributed by atoms with van der Waals surface area (Å²) in [4.78, 5) is 20.3.